The third kappa shape index (κ3) is 4.16. The maximum absolute atomic E-state index is 13.2. The topological polar surface area (TPSA) is 53.9 Å². The SMILES string of the molecule is [C-]#[N+]/C(C#N)=C1\c2ccccc2-c2nc(-c3ccc(C(F)(F)F)cc3)c(-c3ccc(C(F)(F)F)cc3)nc21. The number of hydrogen-bond acceptors (Lipinski definition) is 3. The first-order valence-corrected chi connectivity index (χ1v) is 10.9. The van der Waals surface area contributed by atoms with Gasteiger partial charge in [0.25, 0.3) is 5.70 Å². The molecule has 4 nitrogen and oxygen atoms in total. The van der Waals surface area contributed by atoms with Crippen LogP contribution in [0.1, 0.15) is 22.4 Å². The Labute approximate surface area is 212 Å². The van der Waals surface area contributed by atoms with Crippen molar-refractivity contribution in [3.63, 3.8) is 0 Å². The molecule has 1 heterocycles. The van der Waals surface area contributed by atoms with Crippen molar-refractivity contribution in [3.05, 3.63) is 112 Å². The van der Waals surface area contributed by atoms with Gasteiger partial charge in [-0.05, 0) is 29.8 Å². The molecule has 1 aliphatic rings. The minimum Gasteiger partial charge on any atom is -0.244 e. The van der Waals surface area contributed by atoms with Crippen LogP contribution in [0.15, 0.2) is 78.5 Å². The predicted molar refractivity (Wildman–Crippen MR) is 127 cm³/mol. The molecule has 0 saturated carbocycles. The fourth-order valence-corrected chi connectivity index (χ4v) is 4.25. The molecule has 0 spiro atoms. The van der Waals surface area contributed by atoms with Crippen molar-refractivity contribution >= 4 is 5.57 Å². The van der Waals surface area contributed by atoms with E-state index in [0.717, 1.165) is 24.3 Å². The minimum atomic E-state index is -4.58. The summed E-state index contributed by atoms with van der Waals surface area (Å²) in [5.74, 6) is 0. The van der Waals surface area contributed by atoms with Gasteiger partial charge in [-0.1, -0.05) is 48.5 Å². The van der Waals surface area contributed by atoms with E-state index < -0.39 is 23.5 Å². The maximum Gasteiger partial charge on any atom is 0.416 e. The lowest BCUT2D eigenvalue weighted by molar-refractivity contribution is -0.138. The second kappa shape index (κ2) is 8.86. The lowest BCUT2D eigenvalue weighted by Crippen LogP contribution is -2.05. The number of halogens is 6. The molecule has 0 radical (unpaired) electrons. The lowest BCUT2D eigenvalue weighted by Gasteiger charge is -2.14. The second-order valence-corrected chi connectivity index (χ2v) is 8.26. The van der Waals surface area contributed by atoms with Gasteiger partial charge in [-0.25, -0.2) is 20.1 Å². The normalized spacial score (nSPS) is 13.8. The van der Waals surface area contributed by atoms with Crippen molar-refractivity contribution < 1.29 is 26.3 Å². The van der Waals surface area contributed by atoms with Crippen molar-refractivity contribution in [1.29, 1.82) is 5.26 Å². The molecule has 5 rings (SSSR count). The van der Waals surface area contributed by atoms with Gasteiger partial charge in [0.15, 0.2) is 0 Å². The smallest absolute Gasteiger partial charge is 0.244 e. The number of benzene rings is 3. The number of aromatic nitrogens is 2. The summed E-state index contributed by atoms with van der Waals surface area (Å²) >= 11 is 0. The van der Waals surface area contributed by atoms with E-state index in [-0.39, 0.29) is 39.5 Å². The fraction of sp³-hybridized carbons (Fsp3) is 0.0714. The molecule has 0 amide bonds. The largest absolute Gasteiger partial charge is 0.416 e. The first-order chi connectivity index (χ1) is 18.0. The molecular weight excluding hydrogens is 506 g/mol. The number of alkyl halides is 6. The minimum absolute atomic E-state index is 0.0878. The monoisotopic (exact) mass is 518 g/mol. The summed E-state index contributed by atoms with van der Waals surface area (Å²) < 4.78 is 79.0. The van der Waals surface area contributed by atoms with Crippen LogP contribution in [-0.4, -0.2) is 9.97 Å². The van der Waals surface area contributed by atoms with Crippen LogP contribution in [0.25, 0.3) is 44.2 Å². The van der Waals surface area contributed by atoms with Crippen molar-refractivity contribution in [2.75, 3.05) is 0 Å². The summed E-state index contributed by atoms with van der Waals surface area (Å²) in [7, 11) is 0. The average molecular weight is 518 g/mol. The Morgan fingerprint density at radius 2 is 1.11 bits per heavy atom. The summed E-state index contributed by atoms with van der Waals surface area (Å²) in [6.07, 6.45) is -9.14. The summed E-state index contributed by atoms with van der Waals surface area (Å²) in [4.78, 5) is 12.7. The quantitative estimate of drug-likeness (QED) is 0.135. The Kier molecular flexibility index (Phi) is 5.76. The van der Waals surface area contributed by atoms with Gasteiger partial charge in [0.1, 0.15) is 0 Å². The summed E-state index contributed by atoms with van der Waals surface area (Å²) in [6, 6.07) is 17.0. The molecule has 10 heteroatoms. The highest BCUT2D eigenvalue weighted by Crippen LogP contribution is 2.46. The van der Waals surface area contributed by atoms with Crippen molar-refractivity contribution in [3.8, 4) is 39.8 Å². The third-order valence-electron chi connectivity index (χ3n) is 6.01. The van der Waals surface area contributed by atoms with Crippen LogP contribution in [-0.2, 0) is 12.4 Å². The second-order valence-electron chi connectivity index (χ2n) is 8.26. The molecular formula is C28H12F6N4. The Morgan fingerprint density at radius 1 is 0.658 bits per heavy atom. The molecule has 0 saturated heterocycles. The first kappa shape index (κ1) is 24.7. The summed E-state index contributed by atoms with van der Waals surface area (Å²) in [5, 5.41) is 9.59. The number of fused-ring (bicyclic) bond motifs is 3. The molecule has 0 atom stereocenters. The van der Waals surface area contributed by atoms with Gasteiger partial charge in [0.05, 0.1) is 46.5 Å². The van der Waals surface area contributed by atoms with Gasteiger partial charge < -0.3 is 0 Å². The molecule has 3 aromatic carbocycles. The van der Waals surface area contributed by atoms with Crippen molar-refractivity contribution in [2.24, 2.45) is 0 Å². The Hall–Kier alpha value is -4.96. The fourth-order valence-electron chi connectivity index (χ4n) is 4.25. The Balaban J connectivity index is 1.80. The first-order valence-electron chi connectivity index (χ1n) is 10.9. The van der Waals surface area contributed by atoms with Gasteiger partial charge in [-0.3, -0.25) is 0 Å². The number of nitriles is 1. The van der Waals surface area contributed by atoms with Gasteiger partial charge in [-0.2, -0.15) is 26.3 Å². The van der Waals surface area contributed by atoms with Crippen molar-refractivity contribution in [1.82, 2.24) is 9.97 Å². The van der Waals surface area contributed by atoms with E-state index in [1.807, 2.05) is 6.07 Å². The number of nitrogens with zero attached hydrogens (tertiary/aromatic N) is 4. The zero-order valence-corrected chi connectivity index (χ0v) is 19.0. The van der Waals surface area contributed by atoms with Crippen LogP contribution in [0.2, 0.25) is 0 Å². The van der Waals surface area contributed by atoms with Crippen LogP contribution >= 0.6 is 0 Å². The standard InChI is InChI=1S/C28H12F6N4/c1-36-21(14-35)22-19-4-2-3-5-20(19)25-26(22)38-24(16-8-12-18(13-9-16)28(32,33)34)23(37-25)15-6-10-17(11-7-15)27(29,30)31/h2-13H/b22-21+. The highest BCUT2D eigenvalue weighted by molar-refractivity contribution is 6.02. The van der Waals surface area contributed by atoms with Crippen molar-refractivity contribution in [2.45, 2.75) is 12.4 Å². The molecule has 0 aliphatic heterocycles. The van der Waals surface area contributed by atoms with E-state index in [2.05, 4.69) is 9.83 Å². The van der Waals surface area contributed by atoms with Crippen LogP contribution in [0.4, 0.5) is 26.3 Å². The zero-order valence-electron chi connectivity index (χ0n) is 19.0. The number of rotatable bonds is 2. The maximum atomic E-state index is 13.2. The lowest BCUT2D eigenvalue weighted by atomic mass is 10.0. The van der Waals surface area contributed by atoms with Crippen LogP contribution in [0.5, 0.6) is 0 Å². The van der Waals surface area contributed by atoms with Crippen LogP contribution in [0.3, 0.4) is 0 Å². The average Bonchev–Trinajstić information content (AvgIpc) is 3.21. The molecule has 1 aromatic heterocycles. The molecule has 186 valence electrons. The van der Waals surface area contributed by atoms with E-state index in [1.165, 1.54) is 24.3 Å². The van der Waals surface area contributed by atoms with E-state index in [9.17, 15) is 31.6 Å². The third-order valence-corrected chi connectivity index (χ3v) is 6.01. The molecule has 38 heavy (non-hydrogen) atoms. The molecule has 1 aliphatic carbocycles. The van der Waals surface area contributed by atoms with Gasteiger partial charge >= 0.3 is 12.4 Å². The number of hydrogen-bond donors (Lipinski definition) is 0. The highest BCUT2D eigenvalue weighted by atomic mass is 19.4. The van der Waals surface area contributed by atoms with E-state index in [4.69, 9.17) is 11.6 Å². The van der Waals surface area contributed by atoms with Gasteiger partial charge in [0.2, 0.25) is 0 Å². The highest BCUT2D eigenvalue weighted by Gasteiger charge is 2.33. The van der Waals surface area contributed by atoms with Gasteiger partial charge in [0, 0.05) is 22.3 Å². The molecule has 0 N–H and O–H groups in total. The van der Waals surface area contributed by atoms with E-state index >= 15 is 0 Å². The molecule has 0 fully saturated rings. The van der Waals surface area contributed by atoms with Crippen LogP contribution in [0, 0.1) is 17.9 Å². The zero-order chi connectivity index (χ0) is 27.2. The van der Waals surface area contributed by atoms with Gasteiger partial charge in [-0.15, -0.1) is 0 Å². The summed E-state index contributed by atoms with van der Waals surface area (Å²) in [6.45, 7) is 7.45. The van der Waals surface area contributed by atoms with E-state index in [1.54, 1.807) is 24.3 Å². The summed E-state index contributed by atoms with van der Waals surface area (Å²) in [5.41, 5.74) is 0.493. The predicted octanol–water partition coefficient (Wildman–Crippen LogP) is 8.03. The van der Waals surface area contributed by atoms with Crippen LogP contribution < -0.4 is 0 Å². The number of allylic oxidation sites excluding steroid dienone is 1. The Bertz CT molecular complexity index is 1670. The molecule has 0 unspecified atom stereocenters. The Morgan fingerprint density at radius 3 is 1.53 bits per heavy atom. The molecule has 4 aromatic rings. The molecule has 0 bridgehead atoms. The van der Waals surface area contributed by atoms with E-state index in [0.29, 0.717) is 16.8 Å².